The molecule has 0 amide bonds. The lowest BCUT2D eigenvalue weighted by Gasteiger charge is -2.15. The number of likely N-dealkylation sites (tertiary alicyclic amines) is 1. The predicted molar refractivity (Wildman–Crippen MR) is 63.6 cm³/mol. The summed E-state index contributed by atoms with van der Waals surface area (Å²) >= 11 is 3.35. The summed E-state index contributed by atoms with van der Waals surface area (Å²) in [6, 6.07) is 5.21. The Hall–Kier alpha value is -0.610. The standard InChI is InChI=1S/C11H14BrFN2/c1-15-5-4-9(7-15)14-11-3-2-8(13)6-10(11)12/h2-3,6,9,14H,4-5,7H2,1H3. The smallest absolute Gasteiger partial charge is 0.124 e. The summed E-state index contributed by atoms with van der Waals surface area (Å²) in [4.78, 5) is 2.29. The highest BCUT2D eigenvalue weighted by molar-refractivity contribution is 9.10. The maximum absolute atomic E-state index is 12.9. The van der Waals surface area contributed by atoms with E-state index in [9.17, 15) is 4.39 Å². The summed E-state index contributed by atoms with van der Waals surface area (Å²) in [5.74, 6) is -0.212. The third-order valence-electron chi connectivity index (χ3n) is 2.68. The third-order valence-corrected chi connectivity index (χ3v) is 3.34. The molecule has 1 aromatic carbocycles. The van der Waals surface area contributed by atoms with E-state index in [0.717, 1.165) is 29.7 Å². The first-order valence-electron chi connectivity index (χ1n) is 5.05. The second kappa shape index (κ2) is 4.49. The number of nitrogens with zero attached hydrogens (tertiary/aromatic N) is 1. The van der Waals surface area contributed by atoms with E-state index >= 15 is 0 Å². The normalized spacial score (nSPS) is 21.9. The van der Waals surface area contributed by atoms with E-state index in [2.05, 4.69) is 33.2 Å². The number of halogens is 2. The van der Waals surface area contributed by atoms with Crippen molar-refractivity contribution in [3.8, 4) is 0 Å². The minimum atomic E-state index is -0.212. The molecule has 0 spiro atoms. The van der Waals surface area contributed by atoms with Gasteiger partial charge in [0.05, 0.1) is 0 Å². The number of likely N-dealkylation sites (N-methyl/N-ethyl adjacent to an activating group) is 1. The van der Waals surface area contributed by atoms with Gasteiger partial charge in [-0.1, -0.05) is 0 Å². The number of anilines is 1. The van der Waals surface area contributed by atoms with Crippen molar-refractivity contribution in [1.82, 2.24) is 4.90 Å². The Bertz CT molecular complexity index is 356. The second-order valence-corrected chi connectivity index (χ2v) is 4.87. The van der Waals surface area contributed by atoms with E-state index in [0.29, 0.717) is 6.04 Å². The van der Waals surface area contributed by atoms with Gasteiger partial charge in [0.25, 0.3) is 0 Å². The highest BCUT2D eigenvalue weighted by Gasteiger charge is 2.19. The molecule has 4 heteroatoms. The van der Waals surface area contributed by atoms with E-state index < -0.39 is 0 Å². The van der Waals surface area contributed by atoms with Crippen molar-refractivity contribution >= 4 is 21.6 Å². The van der Waals surface area contributed by atoms with Gasteiger partial charge in [0.1, 0.15) is 5.82 Å². The van der Waals surface area contributed by atoms with Gasteiger partial charge in [-0.2, -0.15) is 0 Å². The zero-order valence-electron chi connectivity index (χ0n) is 8.63. The maximum Gasteiger partial charge on any atom is 0.124 e. The molecule has 1 unspecified atom stereocenters. The van der Waals surface area contributed by atoms with Crippen LogP contribution < -0.4 is 5.32 Å². The lowest BCUT2D eigenvalue weighted by molar-refractivity contribution is 0.414. The zero-order valence-corrected chi connectivity index (χ0v) is 10.2. The van der Waals surface area contributed by atoms with Crippen molar-refractivity contribution in [2.75, 3.05) is 25.5 Å². The van der Waals surface area contributed by atoms with Gasteiger partial charge < -0.3 is 10.2 Å². The summed E-state index contributed by atoms with van der Waals surface area (Å²) in [7, 11) is 2.11. The van der Waals surface area contributed by atoms with Gasteiger partial charge in [-0.15, -0.1) is 0 Å². The summed E-state index contributed by atoms with van der Waals surface area (Å²) < 4.78 is 13.6. The van der Waals surface area contributed by atoms with Crippen LogP contribution in [-0.4, -0.2) is 31.1 Å². The molecule has 15 heavy (non-hydrogen) atoms. The summed E-state index contributed by atoms with van der Waals surface area (Å²) in [6.07, 6.45) is 1.14. The molecule has 1 aliphatic rings. The average Bonchev–Trinajstić information content (AvgIpc) is 2.56. The fraction of sp³-hybridized carbons (Fsp3) is 0.455. The van der Waals surface area contributed by atoms with Gasteiger partial charge in [0.2, 0.25) is 0 Å². The average molecular weight is 273 g/mol. The number of benzene rings is 1. The van der Waals surface area contributed by atoms with Crippen LogP contribution in [0.5, 0.6) is 0 Å². The van der Waals surface area contributed by atoms with Crippen LogP contribution in [0.3, 0.4) is 0 Å². The van der Waals surface area contributed by atoms with Crippen LogP contribution in [-0.2, 0) is 0 Å². The van der Waals surface area contributed by atoms with E-state index in [1.54, 1.807) is 6.07 Å². The van der Waals surface area contributed by atoms with Crippen molar-refractivity contribution in [2.24, 2.45) is 0 Å². The lowest BCUT2D eigenvalue weighted by Crippen LogP contribution is -2.23. The Morgan fingerprint density at radius 3 is 2.93 bits per heavy atom. The molecule has 2 nitrogen and oxygen atoms in total. The molecule has 1 atom stereocenters. The molecule has 1 fully saturated rings. The SMILES string of the molecule is CN1CCC(Nc2ccc(F)cc2Br)C1. The topological polar surface area (TPSA) is 15.3 Å². The van der Waals surface area contributed by atoms with Crippen LogP contribution in [0.1, 0.15) is 6.42 Å². The van der Waals surface area contributed by atoms with Crippen molar-refractivity contribution in [3.05, 3.63) is 28.5 Å². The molecule has 1 heterocycles. The van der Waals surface area contributed by atoms with Gasteiger partial charge in [0, 0.05) is 22.7 Å². The highest BCUT2D eigenvalue weighted by Crippen LogP contribution is 2.25. The Labute approximate surface area is 97.6 Å². The monoisotopic (exact) mass is 272 g/mol. The largest absolute Gasteiger partial charge is 0.380 e. The van der Waals surface area contributed by atoms with Crippen LogP contribution in [0.15, 0.2) is 22.7 Å². The van der Waals surface area contributed by atoms with Gasteiger partial charge in [-0.3, -0.25) is 0 Å². The summed E-state index contributed by atoms with van der Waals surface area (Å²) in [5.41, 5.74) is 0.969. The fourth-order valence-corrected chi connectivity index (χ4v) is 2.34. The van der Waals surface area contributed by atoms with Gasteiger partial charge >= 0.3 is 0 Å². The summed E-state index contributed by atoms with van der Waals surface area (Å²) in [5, 5.41) is 3.41. The summed E-state index contributed by atoms with van der Waals surface area (Å²) in [6.45, 7) is 2.17. The third kappa shape index (κ3) is 2.69. The zero-order chi connectivity index (χ0) is 10.8. The van der Waals surface area contributed by atoms with Crippen LogP contribution in [0.2, 0.25) is 0 Å². The van der Waals surface area contributed by atoms with E-state index in [4.69, 9.17) is 0 Å². The fourth-order valence-electron chi connectivity index (χ4n) is 1.88. The molecule has 1 aliphatic heterocycles. The van der Waals surface area contributed by atoms with E-state index in [1.807, 2.05) is 0 Å². The lowest BCUT2D eigenvalue weighted by atomic mass is 10.2. The second-order valence-electron chi connectivity index (χ2n) is 4.02. The molecule has 1 saturated heterocycles. The molecule has 1 N–H and O–H groups in total. The minimum absolute atomic E-state index is 0.212. The van der Waals surface area contributed by atoms with Crippen LogP contribution >= 0.6 is 15.9 Å². The maximum atomic E-state index is 12.9. The Morgan fingerprint density at radius 1 is 1.53 bits per heavy atom. The van der Waals surface area contributed by atoms with Gasteiger partial charge in [0.15, 0.2) is 0 Å². The molecule has 0 radical (unpaired) electrons. The Balaban J connectivity index is 2.04. The van der Waals surface area contributed by atoms with Crippen LogP contribution in [0.25, 0.3) is 0 Å². The highest BCUT2D eigenvalue weighted by atomic mass is 79.9. The Morgan fingerprint density at radius 2 is 2.33 bits per heavy atom. The van der Waals surface area contributed by atoms with Crippen molar-refractivity contribution in [3.63, 3.8) is 0 Å². The van der Waals surface area contributed by atoms with E-state index in [-0.39, 0.29) is 5.82 Å². The first-order valence-corrected chi connectivity index (χ1v) is 5.84. The van der Waals surface area contributed by atoms with Crippen LogP contribution in [0.4, 0.5) is 10.1 Å². The number of nitrogens with one attached hydrogen (secondary N) is 1. The van der Waals surface area contributed by atoms with Gasteiger partial charge in [-0.05, 0) is 54.1 Å². The molecular formula is C11H14BrFN2. The first kappa shape index (κ1) is 10.9. The van der Waals surface area contributed by atoms with Crippen molar-refractivity contribution in [2.45, 2.75) is 12.5 Å². The molecule has 0 aliphatic carbocycles. The number of hydrogen-bond donors (Lipinski definition) is 1. The molecule has 82 valence electrons. The number of hydrogen-bond acceptors (Lipinski definition) is 2. The molecular weight excluding hydrogens is 259 g/mol. The Kier molecular flexibility index (Phi) is 3.26. The van der Waals surface area contributed by atoms with Crippen molar-refractivity contribution in [1.29, 1.82) is 0 Å². The van der Waals surface area contributed by atoms with Crippen molar-refractivity contribution < 1.29 is 4.39 Å². The molecule has 2 rings (SSSR count). The first-order chi connectivity index (χ1) is 7.15. The molecule has 1 aromatic rings. The number of rotatable bonds is 2. The molecule has 0 aromatic heterocycles. The predicted octanol–water partition coefficient (Wildman–Crippen LogP) is 2.70. The molecule has 0 bridgehead atoms. The minimum Gasteiger partial charge on any atom is -0.380 e. The van der Waals surface area contributed by atoms with E-state index in [1.165, 1.54) is 12.1 Å². The molecule has 0 saturated carbocycles. The van der Waals surface area contributed by atoms with Crippen LogP contribution in [0, 0.1) is 5.82 Å². The van der Waals surface area contributed by atoms with Gasteiger partial charge in [-0.25, -0.2) is 4.39 Å². The quantitative estimate of drug-likeness (QED) is 0.891.